The van der Waals surface area contributed by atoms with E-state index in [1.165, 1.54) is 30.4 Å². The van der Waals surface area contributed by atoms with E-state index >= 15 is 0 Å². The van der Waals surface area contributed by atoms with Crippen LogP contribution < -0.4 is 5.32 Å². The summed E-state index contributed by atoms with van der Waals surface area (Å²) in [7, 11) is 0. The number of hydrogen-bond donors (Lipinski definition) is 1. The highest BCUT2D eigenvalue weighted by molar-refractivity contribution is 6.30. The van der Waals surface area contributed by atoms with Crippen LogP contribution >= 0.6 is 11.6 Å². The zero-order valence-electron chi connectivity index (χ0n) is 12.7. The van der Waals surface area contributed by atoms with Gasteiger partial charge in [0.1, 0.15) is 0 Å². The van der Waals surface area contributed by atoms with E-state index in [1.54, 1.807) is 0 Å². The standard InChI is InChI=1S/C19H24ClN/c1-2-3-9-19(17-7-5-4-6-8-17)21-15-14-16-10-12-18(20)13-11-16/h4-8,10-13,19,21H,2-3,9,14-15H2,1H3. The lowest BCUT2D eigenvalue weighted by molar-refractivity contribution is 0.484. The summed E-state index contributed by atoms with van der Waals surface area (Å²) in [5.41, 5.74) is 2.72. The molecule has 112 valence electrons. The van der Waals surface area contributed by atoms with Gasteiger partial charge in [0.25, 0.3) is 0 Å². The molecule has 2 aromatic rings. The van der Waals surface area contributed by atoms with E-state index in [1.807, 2.05) is 12.1 Å². The molecular weight excluding hydrogens is 278 g/mol. The molecule has 2 heteroatoms. The first kappa shape index (κ1) is 16.1. The van der Waals surface area contributed by atoms with E-state index in [0.717, 1.165) is 18.0 Å². The Balaban J connectivity index is 1.88. The number of halogens is 1. The van der Waals surface area contributed by atoms with E-state index in [-0.39, 0.29) is 0 Å². The van der Waals surface area contributed by atoms with Crippen molar-refractivity contribution in [3.05, 3.63) is 70.7 Å². The summed E-state index contributed by atoms with van der Waals surface area (Å²) < 4.78 is 0. The lowest BCUT2D eigenvalue weighted by atomic mass is 10.0. The smallest absolute Gasteiger partial charge is 0.0406 e. The lowest BCUT2D eigenvalue weighted by Gasteiger charge is -2.19. The Kier molecular flexibility index (Phi) is 6.78. The molecule has 0 radical (unpaired) electrons. The molecule has 0 aromatic heterocycles. The zero-order chi connectivity index (χ0) is 14.9. The fourth-order valence-electron chi connectivity index (χ4n) is 2.52. The first-order valence-electron chi connectivity index (χ1n) is 7.82. The van der Waals surface area contributed by atoms with Crippen LogP contribution in [0.15, 0.2) is 54.6 Å². The van der Waals surface area contributed by atoms with Crippen molar-refractivity contribution in [1.82, 2.24) is 5.32 Å². The van der Waals surface area contributed by atoms with Crippen molar-refractivity contribution < 1.29 is 0 Å². The highest BCUT2D eigenvalue weighted by Crippen LogP contribution is 2.19. The summed E-state index contributed by atoms with van der Waals surface area (Å²) in [6.45, 7) is 3.24. The number of hydrogen-bond acceptors (Lipinski definition) is 1. The zero-order valence-corrected chi connectivity index (χ0v) is 13.4. The maximum atomic E-state index is 5.92. The molecule has 21 heavy (non-hydrogen) atoms. The Hall–Kier alpha value is -1.31. The monoisotopic (exact) mass is 301 g/mol. The van der Waals surface area contributed by atoms with Crippen LogP contribution in [0.25, 0.3) is 0 Å². The Labute approximate surface area is 133 Å². The van der Waals surface area contributed by atoms with Gasteiger partial charge >= 0.3 is 0 Å². The van der Waals surface area contributed by atoms with Crippen molar-refractivity contribution in [2.75, 3.05) is 6.54 Å². The third kappa shape index (κ3) is 5.53. The van der Waals surface area contributed by atoms with Gasteiger partial charge in [0, 0.05) is 11.1 Å². The Morgan fingerprint density at radius 2 is 1.71 bits per heavy atom. The maximum absolute atomic E-state index is 5.92. The van der Waals surface area contributed by atoms with Crippen molar-refractivity contribution in [1.29, 1.82) is 0 Å². The van der Waals surface area contributed by atoms with Gasteiger partial charge in [-0.25, -0.2) is 0 Å². The van der Waals surface area contributed by atoms with Crippen molar-refractivity contribution in [3.8, 4) is 0 Å². The predicted molar refractivity (Wildman–Crippen MR) is 91.9 cm³/mol. The van der Waals surface area contributed by atoms with Crippen molar-refractivity contribution in [2.24, 2.45) is 0 Å². The second-order valence-corrected chi connectivity index (χ2v) is 5.87. The van der Waals surface area contributed by atoms with Crippen molar-refractivity contribution in [3.63, 3.8) is 0 Å². The molecule has 0 saturated carbocycles. The summed E-state index contributed by atoms with van der Waals surface area (Å²) in [4.78, 5) is 0. The van der Waals surface area contributed by atoms with Crippen molar-refractivity contribution >= 4 is 11.6 Å². The summed E-state index contributed by atoms with van der Waals surface area (Å²) >= 11 is 5.92. The van der Waals surface area contributed by atoms with E-state index in [0.29, 0.717) is 6.04 Å². The van der Waals surface area contributed by atoms with Crippen molar-refractivity contribution in [2.45, 2.75) is 38.6 Å². The molecule has 2 aromatic carbocycles. The molecule has 2 rings (SSSR count). The van der Waals surface area contributed by atoms with Crippen LogP contribution in [0.1, 0.15) is 43.4 Å². The fraction of sp³-hybridized carbons (Fsp3) is 0.368. The largest absolute Gasteiger partial charge is 0.310 e. The van der Waals surface area contributed by atoms with Gasteiger partial charge in [-0.2, -0.15) is 0 Å². The first-order valence-corrected chi connectivity index (χ1v) is 8.20. The van der Waals surface area contributed by atoms with Crippen LogP contribution in [0.3, 0.4) is 0 Å². The number of nitrogens with one attached hydrogen (secondary N) is 1. The topological polar surface area (TPSA) is 12.0 Å². The highest BCUT2D eigenvalue weighted by Gasteiger charge is 2.09. The van der Waals surface area contributed by atoms with Crippen LogP contribution in [0.2, 0.25) is 5.02 Å². The number of rotatable bonds is 8. The van der Waals surface area contributed by atoms with Gasteiger partial charge in [-0.3, -0.25) is 0 Å². The van der Waals surface area contributed by atoms with Crippen LogP contribution in [0.5, 0.6) is 0 Å². The molecule has 0 heterocycles. The molecular formula is C19H24ClN. The molecule has 0 bridgehead atoms. The molecule has 0 aliphatic heterocycles. The molecule has 1 N–H and O–H groups in total. The minimum Gasteiger partial charge on any atom is -0.310 e. The average Bonchev–Trinajstić information content (AvgIpc) is 2.53. The van der Waals surface area contributed by atoms with Gasteiger partial charge in [-0.15, -0.1) is 0 Å². The van der Waals surface area contributed by atoms with E-state index < -0.39 is 0 Å². The second-order valence-electron chi connectivity index (χ2n) is 5.44. The third-order valence-electron chi connectivity index (χ3n) is 3.77. The Morgan fingerprint density at radius 1 is 1.00 bits per heavy atom. The molecule has 0 aliphatic rings. The van der Waals surface area contributed by atoms with Crippen LogP contribution in [0, 0.1) is 0 Å². The van der Waals surface area contributed by atoms with Crippen LogP contribution in [-0.2, 0) is 6.42 Å². The summed E-state index contributed by atoms with van der Waals surface area (Å²) in [6, 6.07) is 19.3. The Morgan fingerprint density at radius 3 is 2.38 bits per heavy atom. The minimum absolute atomic E-state index is 0.457. The SMILES string of the molecule is CCCCC(NCCc1ccc(Cl)cc1)c1ccccc1. The van der Waals surface area contributed by atoms with E-state index in [2.05, 4.69) is 54.7 Å². The first-order chi connectivity index (χ1) is 10.3. The van der Waals surface area contributed by atoms with Gasteiger partial charge in [-0.1, -0.05) is 73.8 Å². The minimum atomic E-state index is 0.457. The number of unbranched alkanes of at least 4 members (excludes halogenated alkanes) is 1. The molecule has 0 fully saturated rings. The molecule has 0 saturated heterocycles. The van der Waals surface area contributed by atoms with E-state index in [4.69, 9.17) is 11.6 Å². The van der Waals surface area contributed by atoms with Crippen LogP contribution in [-0.4, -0.2) is 6.54 Å². The normalized spacial score (nSPS) is 12.3. The molecule has 1 nitrogen and oxygen atoms in total. The predicted octanol–water partition coefficient (Wildman–Crippen LogP) is 5.40. The summed E-state index contributed by atoms with van der Waals surface area (Å²) in [6.07, 6.45) is 4.73. The van der Waals surface area contributed by atoms with Gasteiger partial charge in [0.05, 0.1) is 0 Å². The van der Waals surface area contributed by atoms with E-state index in [9.17, 15) is 0 Å². The number of benzene rings is 2. The maximum Gasteiger partial charge on any atom is 0.0406 e. The van der Waals surface area contributed by atoms with Gasteiger partial charge < -0.3 is 5.32 Å². The van der Waals surface area contributed by atoms with Gasteiger partial charge in [-0.05, 0) is 42.6 Å². The van der Waals surface area contributed by atoms with Gasteiger partial charge in [0.15, 0.2) is 0 Å². The molecule has 1 atom stereocenters. The highest BCUT2D eigenvalue weighted by atomic mass is 35.5. The van der Waals surface area contributed by atoms with Crippen LogP contribution in [0.4, 0.5) is 0 Å². The molecule has 0 spiro atoms. The lowest BCUT2D eigenvalue weighted by Crippen LogP contribution is -2.23. The van der Waals surface area contributed by atoms with Gasteiger partial charge in [0.2, 0.25) is 0 Å². The molecule has 0 aliphatic carbocycles. The molecule has 0 amide bonds. The Bertz CT molecular complexity index is 507. The molecule has 1 unspecified atom stereocenters. The summed E-state index contributed by atoms with van der Waals surface area (Å²) in [5, 5.41) is 4.50. The average molecular weight is 302 g/mol. The quantitative estimate of drug-likeness (QED) is 0.688. The fourth-order valence-corrected chi connectivity index (χ4v) is 2.65. The summed E-state index contributed by atoms with van der Waals surface area (Å²) in [5.74, 6) is 0. The second kappa shape index (κ2) is 8.86. The third-order valence-corrected chi connectivity index (χ3v) is 4.02.